The highest BCUT2D eigenvalue weighted by Crippen LogP contribution is 2.24. The molecule has 1 fully saturated rings. The van der Waals surface area contributed by atoms with Gasteiger partial charge in [0, 0.05) is 12.8 Å². The Bertz CT molecular complexity index is 131. The molecule has 0 aromatic carbocycles. The third kappa shape index (κ3) is 1.57. The van der Waals surface area contributed by atoms with Crippen LogP contribution >= 0.6 is 0 Å². The van der Waals surface area contributed by atoms with E-state index >= 15 is 0 Å². The summed E-state index contributed by atoms with van der Waals surface area (Å²) in [6, 6.07) is 0. The molecule has 10 heavy (non-hydrogen) atoms. The van der Waals surface area contributed by atoms with E-state index in [1.807, 2.05) is 0 Å². The fraction of sp³-hybridized carbons (Fsp3) is 0.875. The van der Waals surface area contributed by atoms with E-state index < -0.39 is 0 Å². The van der Waals surface area contributed by atoms with Gasteiger partial charge in [-0.2, -0.15) is 0 Å². The second-order valence-corrected chi connectivity index (χ2v) is 3.02. The third-order valence-electron chi connectivity index (χ3n) is 2.30. The van der Waals surface area contributed by atoms with Crippen molar-refractivity contribution in [3.63, 3.8) is 0 Å². The first-order chi connectivity index (χ1) is 4.74. The second kappa shape index (κ2) is 3.15. The molecule has 0 radical (unpaired) electrons. The maximum Gasteiger partial charge on any atom is 0.135 e. The molecule has 0 aromatic heterocycles. The lowest BCUT2D eigenvalue weighted by molar-refractivity contribution is -0.124. The van der Waals surface area contributed by atoms with Crippen LogP contribution in [0.3, 0.4) is 0 Å². The Balaban J connectivity index is 2.43. The Kier molecular flexibility index (Phi) is 2.44. The molecule has 0 amide bonds. The number of carbonyl (C=O) groups excluding carboxylic acids is 1. The van der Waals surface area contributed by atoms with Crippen molar-refractivity contribution >= 4 is 5.78 Å². The zero-order valence-electron chi connectivity index (χ0n) is 6.34. The summed E-state index contributed by atoms with van der Waals surface area (Å²) >= 11 is 0. The van der Waals surface area contributed by atoms with Gasteiger partial charge in [0.15, 0.2) is 0 Å². The number of aliphatic hydroxyl groups is 1. The highest BCUT2D eigenvalue weighted by molar-refractivity contribution is 5.79. The van der Waals surface area contributed by atoms with Gasteiger partial charge >= 0.3 is 0 Å². The number of hydrogen-bond acceptors (Lipinski definition) is 2. The first-order valence-electron chi connectivity index (χ1n) is 3.93. The van der Waals surface area contributed by atoms with Crippen LogP contribution in [0.2, 0.25) is 0 Å². The van der Waals surface area contributed by atoms with Crippen LogP contribution in [0.4, 0.5) is 0 Å². The van der Waals surface area contributed by atoms with Crippen LogP contribution in [0.5, 0.6) is 0 Å². The number of rotatable bonds is 1. The van der Waals surface area contributed by atoms with E-state index in [-0.39, 0.29) is 11.9 Å². The SMILES string of the molecule is CC[C@H]1CCC(=O)C[C@H]1O. The van der Waals surface area contributed by atoms with E-state index in [0.29, 0.717) is 18.8 Å². The minimum absolute atomic E-state index is 0.220. The van der Waals surface area contributed by atoms with Gasteiger partial charge in [-0.25, -0.2) is 0 Å². The third-order valence-corrected chi connectivity index (χ3v) is 2.30. The summed E-state index contributed by atoms with van der Waals surface area (Å²) in [5.41, 5.74) is 0. The molecule has 2 nitrogen and oxygen atoms in total. The van der Waals surface area contributed by atoms with E-state index in [9.17, 15) is 9.90 Å². The van der Waals surface area contributed by atoms with Gasteiger partial charge < -0.3 is 5.11 Å². The van der Waals surface area contributed by atoms with Crippen LogP contribution in [0, 0.1) is 5.92 Å². The predicted octanol–water partition coefficient (Wildman–Crippen LogP) is 1.13. The molecule has 0 bridgehead atoms. The van der Waals surface area contributed by atoms with Crippen molar-refractivity contribution in [3.8, 4) is 0 Å². The number of carbonyl (C=O) groups is 1. The first-order valence-corrected chi connectivity index (χ1v) is 3.93. The van der Waals surface area contributed by atoms with Gasteiger partial charge in [-0.15, -0.1) is 0 Å². The largest absolute Gasteiger partial charge is 0.392 e. The molecule has 1 saturated carbocycles. The molecule has 2 atom stereocenters. The molecule has 1 N–H and O–H groups in total. The summed E-state index contributed by atoms with van der Waals surface area (Å²) in [5, 5.41) is 9.32. The monoisotopic (exact) mass is 142 g/mol. The fourth-order valence-electron chi connectivity index (χ4n) is 1.52. The van der Waals surface area contributed by atoms with Crippen molar-refractivity contribution in [1.82, 2.24) is 0 Å². The lowest BCUT2D eigenvalue weighted by atomic mass is 9.84. The summed E-state index contributed by atoms with van der Waals surface area (Å²) in [7, 11) is 0. The van der Waals surface area contributed by atoms with Crippen LogP contribution in [-0.2, 0) is 4.79 Å². The van der Waals surface area contributed by atoms with Crippen LogP contribution in [0.15, 0.2) is 0 Å². The van der Waals surface area contributed by atoms with Gasteiger partial charge in [0.25, 0.3) is 0 Å². The molecule has 0 aliphatic heterocycles. The van der Waals surface area contributed by atoms with E-state index in [1.54, 1.807) is 0 Å². The maximum atomic E-state index is 10.8. The number of Topliss-reactive ketones (excluding diaryl/α,β-unsaturated/α-hetero) is 1. The lowest BCUT2D eigenvalue weighted by Crippen LogP contribution is -2.28. The molecule has 0 unspecified atom stereocenters. The van der Waals surface area contributed by atoms with Gasteiger partial charge in [0.2, 0.25) is 0 Å². The maximum absolute atomic E-state index is 10.8. The Morgan fingerprint density at radius 1 is 1.70 bits per heavy atom. The molecule has 0 heterocycles. The smallest absolute Gasteiger partial charge is 0.135 e. The average Bonchev–Trinajstić information content (AvgIpc) is 1.88. The predicted molar refractivity (Wildman–Crippen MR) is 38.6 cm³/mol. The van der Waals surface area contributed by atoms with Crippen LogP contribution in [0.25, 0.3) is 0 Å². The molecular formula is C8H14O2. The molecule has 0 saturated heterocycles. The van der Waals surface area contributed by atoms with Gasteiger partial charge in [-0.05, 0) is 12.3 Å². The molecule has 0 spiro atoms. The molecule has 2 heteroatoms. The topological polar surface area (TPSA) is 37.3 Å². The van der Waals surface area contributed by atoms with Gasteiger partial charge in [-0.1, -0.05) is 13.3 Å². The van der Waals surface area contributed by atoms with E-state index in [2.05, 4.69) is 6.92 Å². The first kappa shape index (κ1) is 7.73. The Morgan fingerprint density at radius 3 is 2.90 bits per heavy atom. The average molecular weight is 142 g/mol. The van der Waals surface area contributed by atoms with Crippen molar-refractivity contribution in [2.45, 2.75) is 38.7 Å². The Morgan fingerprint density at radius 2 is 2.40 bits per heavy atom. The molecular weight excluding hydrogens is 128 g/mol. The Labute approximate surface area is 61.2 Å². The fourth-order valence-corrected chi connectivity index (χ4v) is 1.52. The molecule has 1 aliphatic carbocycles. The minimum atomic E-state index is -0.355. The van der Waals surface area contributed by atoms with Gasteiger partial charge in [0.1, 0.15) is 5.78 Å². The molecule has 1 rings (SSSR count). The summed E-state index contributed by atoms with van der Waals surface area (Å²) in [6.45, 7) is 2.06. The van der Waals surface area contributed by atoms with Crippen LogP contribution < -0.4 is 0 Å². The highest BCUT2D eigenvalue weighted by atomic mass is 16.3. The van der Waals surface area contributed by atoms with E-state index in [1.165, 1.54) is 0 Å². The molecule has 58 valence electrons. The van der Waals surface area contributed by atoms with Crippen molar-refractivity contribution < 1.29 is 9.90 Å². The second-order valence-electron chi connectivity index (χ2n) is 3.02. The Hall–Kier alpha value is -0.370. The van der Waals surface area contributed by atoms with Crippen molar-refractivity contribution in [2.24, 2.45) is 5.92 Å². The summed E-state index contributed by atoms with van der Waals surface area (Å²) in [5.74, 6) is 0.592. The van der Waals surface area contributed by atoms with E-state index in [0.717, 1.165) is 12.8 Å². The standard InChI is InChI=1S/C8H14O2/c1-2-6-3-4-7(9)5-8(6)10/h6,8,10H,2-5H2,1H3/t6-,8+/m0/s1. The number of ketones is 1. The van der Waals surface area contributed by atoms with Gasteiger partial charge in [0.05, 0.1) is 6.10 Å². The summed E-state index contributed by atoms with van der Waals surface area (Å²) in [4.78, 5) is 10.8. The quantitative estimate of drug-likeness (QED) is 0.595. The van der Waals surface area contributed by atoms with Crippen molar-refractivity contribution in [1.29, 1.82) is 0 Å². The normalized spacial score (nSPS) is 34.4. The van der Waals surface area contributed by atoms with Crippen LogP contribution in [0.1, 0.15) is 32.6 Å². The zero-order chi connectivity index (χ0) is 7.56. The summed E-state index contributed by atoms with van der Waals surface area (Å²) in [6.07, 6.45) is 2.59. The number of hydrogen-bond donors (Lipinski definition) is 1. The summed E-state index contributed by atoms with van der Waals surface area (Å²) < 4.78 is 0. The van der Waals surface area contributed by atoms with Crippen molar-refractivity contribution in [2.75, 3.05) is 0 Å². The van der Waals surface area contributed by atoms with Gasteiger partial charge in [-0.3, -0.25) is 4.79 Å². The van der Waals surface area contributed by atoms with E-state index in [4.69, 9.17) is 0 Å². The minimum Gasteiger partial charge on any atom is -0.392 e. The number of aliphatic hydroxyl groups excluding tert-OH is 1. The molecule has 1 aliphatic rings. The lowest BCUT2D eigenvalue weighted by Gasteiger charge is -2.25. The zero-order valence-corrected chi connectivity index (χ0v) is 6.34. The van der Waals surface area contributed by atoms with Crippen molar-refractivity contribution in [3.05, 3.63) is 0 Å². The molecule has 0 aromatic rings. The highest BCUT2D eigenvalue weighted by Gasteiger charge is 2.25. The van der Waals surface area contributed by atoms with Crippen LogP contribution in [-0.4, -0.2) is 17.0 Å².